The fraction of sp³-hybridized carbons (Fsp3) is 0.258. The molecule has 0 aliphatic heterocycles. The molecule has 0 aliphatic carbocycles. The van der Waals surface area contributed by atoms with Gasteiger partial charge in [-0.25, -0.2) is 0 Å². The Hall–Kier alpha value is -3.39. The van der Waals surface area contributed by atoms with Crippen molar-refractivity contribution >= 4 is 6.29 Å². The molecule has 0 aliphatic rings. The van der Waals surface area contributed by atoms with Gasteiger partial charge in [0.1, 0.15) is 17.8 Å². The van der Waals surface area contributed by atoms with Gasteiger partial charge in [-0.05, 0) is 58.0 Å². The molecule has 2 nitrogen and oxygen atoms in total. The van der Waals surface area contributed by atoms with Gasteiger partial charge in [-0.3, -0.25) is 4.79 Å². The molecule has 0 heterocycles. The number of benzene rings is 2. The van der Waals surface area contributed by atoms with Crippen molar-refractivity contribution < 1.29 is 9.53 Å². The molecule has 33 heavy (non-hydrogen) atoms. The van der Waals surface area contributed by atoms with Gasteiger partial charge in [0.25, 0.3) is 0 Å². The second kappa shape index (κ2) is 24.9. The summed E-state index contributed by atoms with van der Waals surface area (Å²) >= 11 is 0. The van der Waals surface area contributed by atoms with Crippen LogP contribution in [0.25, 0.3) is 0 Å². The summed E-state index contributed by atoms with van der Waals surface area (Å²) in [4.78, 5) is 9.58. The molecule has 2 aromatic rings. The number of hydrogen-bond acceptors (Lipinski definition) is 2. The fourth-order valence-corrected chi connectivity index (χ4v) is 1.78. The molecular formula is C31H44O2. The molecule has 0 radical (unpaired) electrons. The monoisotopic (exact) mass is 448 g/mol. The second-order valence-electron chi connectivity index (χ2n) is 6.51. The Balaban J connectivity index is -0.000000424. The minimum absolute atomic E-state index is 0.731. The zero-order valence-corrected chi connectivity index (χ0v) is 22.0. The molecule has 0 fully saturated rings. The van der Waals surface area contributed by atoms with Crippen LogP contribution in [0.2, 0.25) is 0 Å². The third-order valence-electron chi connectivity index (χ3n) is 3.25. The van der Waals surface area contributed by atoms with Crippen LogP contribution in [-0.4, -0.2) is 6.29 Å². The van der Waals surface area contributed by atoms with Crippen molar-refractivity contribution in [2.45, 2.75) is 55.4 Å². The SMILES string of the molecule is C=C(C)/C=C\C=O.C=C/C=C\C(=C)C.CC.CC.Cc1ccc(Oc2ccc(C)cc2)cc1. The highest BCUT2D eigenvalue weighted by molar-refractivity contribution is 5.65. The summed E-state index contributed by atoms with van der Waals surface area (Å²) in [5.74, 6) is 1.76. The fourth-order valence-electron chi connectivity index (χ4n) is 1.78. The third kappa shape index (κ3) is 24.7. The van der Waals surface area contributed by atoms with Crippen LogP contribution in [0.15, 0.2) is 110 Å². The van der Waals surface area contributed by atoms with Crippen LogP contribution in [0.1, 0.15) is 52.7 Å². The molecule has 0 aromatic heterocycles. The minimum Gasteiger partial charge on any atom is -0.457 e. The lowest BCUT2D eigenvalue weighted by Gasteiger charge is -2.05. The average molecular weight is 449 g/mol. The second-order valence-corrected chi connectivity index (χ2v) is 6.51. The van der Waals surface area contributed by atoms with Crippen molar-refractivity contribution in [3.8, 4) is 11.5 Å². The average Bonchev–Trinajstić information content (AvgIpc) is 2.82. The quantitative estimate of drug-likeness (QED) is 0.250. The Morgan fingerprint density at radius 3 is 1.24 bits per heavy atom. The topological polar surface area (TPSA) is 26.3 Å². The van der Waals surface area contributed by atoms with E-state index in [0.29, 0.717) is 0 Å². The number of rotatable bonds is 6. The summed E-state index contributed by atoms with van der Waals surface area (Å²) in [5.41, 5.74) is 4.43. The van der Waals surface area contributed by atoms with E-state index in [0.717, 1.165) is 28.9 Å². The predicted molar refractivity (Wildman–Crippen MR) is 149 cm³/mol. The summed E-state index contributed by atoms with van der Waals surface area (Å²) in [6.07, 6.45) is 9.31. The van der Waals surface area contributed by atoms with E-state index in [1.54, 1.807) is 12.2 Å². The maximum atomic E-state index is 9.58. The zero-order valence-electron chi connectivity index (χ0n) is 22.0. The standard InChI is InChI=1S/C14H14O.C7H10.C6H8O.2C2H6/c1-11-3-7-13(8-4-11)15-14-9-5-12(2)6-10-14;1-4-5-6-7(2)3;1-6(2)4-3-5-7;2*1-2/h3-10H,1-2H3;4-6H,1-2H2,3H3;3-5H,1H2,2H3;2*1-2H3/b;6-5-;4-3-;;. The van der Waals surface area contributed by atoms with Gasteiger partial charge in [-0.15, -0.1) is 0 Å². The van der Waals surface area contributed by atoms with E-state index in [9.17, 15) is 4.79 Å². The number of carbonyl (C=O) groups is 1. The lowest BCUT2D eigenvalue weighted by Crippen LogP contribution is -1.84. The molecule has 0 N–H and O–H groups in total. The van der Waals surface area contributed by atoms with E-state index in [1.807, 2.05) is 102 Å². The number of aryl methyl sites for hydroxylation is 2. The van der Waals surface area contributed by atoms with E-state index in [1.165, 1.54) is 17.2 Å². The summed E-state index contributed by atoms with van der Waals surface area (Å²) in [5, 5.41) is 0. The Morgan fingerprint density at radius 1 is 0.697 bits per heavy atom. The first-order valence-corrected chi connectivity index (χ1v) is 11.3. The van der Waals surface area contributed by atoms with Crippen LogP contribution in [0.3, 0.4) is 0 Å². The molecule has 0 saturated heterocycles. The number of ether oxygens (including phenoxy) is 1. The molecule has 2 heteroatoms. The summed E-state index contributed by atoms with van der Waals surface area (Å²) in [6.45, 7) is 26.6. The highest BCUT2D eigenvalue weighted by Gasteiger charge is 1.95. The summed E-state index contributed by atoms with van der Waals surface area (Å²) in [7, 11) is 0. The molecule has 2 aromatic carbocycles. The molecular weight excluding hydrogens is 404 g/mol. The lowest BCUT2D eigenvalue weighted by molar-refractivity contribution is -0.104. The highest BCUT2D eigenvalue weighted by atomic mass is 16.5. The van der Waals surface area contributed by atoms with Crippen LogP contribution in [0.4, 0.5) is 0 Å². The number of hydrogen-bond donors (Lipinski definition) is 0. The van der Waals surface area contributed by atoms with Crippen molar-refractivity contribution in [3.63, 3.8) is 0 Å². The maximum absolute atomic E-state index is 9.58. The molecule has 0 spiro atoms. The van der Waals surface area contributed by atoms with Crippen molar-refractivity contribution in [2.24, 2.45) is 0 Å². The van der Waals surface area contributed by atoms with Crippen LogP contribution in [0.5, 0.6) is 11.5 Å². The molecule has 0 unspecified atom stereocenters. The van der Waals surface area contributed by atoms with Crippen LogP contribution >= 0.6 is 0 Å². The molecule has 0 saturated carbocycles. The normalized spacial score (nSPS) is 8.85. The Labute approximate surface area is 203 Å². The van der Waals surface area contributed by atoms with Crippen LogP contribution in [0, 0.1) is 13.8 Å². The van der Waals surface area contributed by atoms with E-state index in [2.05, 4.69) is 33.6 Å². The zero-order chi connectivity index (χ0) is 26.1. The highest BCUT2D eigenvalue weighted by Crippen LogP contribution is 2.21. The molecule has 180 valence electrons. The van der Waals surface area contributed by atoms with E-state index >= 15 is 0 Å². The van der Waals surface area contributed by atoms with Crippen molar-refractivity contribution in [1.29, 1.82) is 0 Å². The van der Waals surface area contributed by atoms with Crippen molar-refractivity contribution in [1.82, 2.24) is 0 Å². The Morgan fingerprint density at radius 2 is 1.03 bits per heavy atom. The van der Waals surface area contributed by atoms with Crippen LogP contribution in [-0.2, 0) is 4.79 Å². The predicted octanol–water partition coefficient (Wildman–Crippen LogP) is 9.77. The van der Waals surface area contributed by atoms with Gasteiger partial charge in [-0.2, -0.15) is 0 Å². The smallest absolute Gasteiger partial charge is 0.142 e. The van der Waals surface area contributed by atoms with Gasteiger partial charge in [-0.1, -0.05) is 118 Å². The molecule has 0 amide bonds. The summed E-state index contributed by atoms with van der Waals surface area (Å²) in [6, 6.07) is 16.1. The number of aldehydes is 1. The minimum atomic E-state index is 0.731. The van der Waals surface area contributed by atoms with E-state index in [-0.39, 0.29) is 0 Å². The van der Waals surface area contributed by atoms with Gasteiger partial charge >= 0.3 is 0 Å². The van der Waals surface area contributed by atoms with Crippen molar-refractivity contribution in [3.05, 3.63) is 121 Å². The first kappa shape index (κ1) is 34.2. The Kier molecular flexibility index (Phi) is 25.8. The van der Waals surface area contributed by atoms with Gasteiger partial charge < -0.3 is 4.74 Å². The van der Waals surface area contributed by atoms with Gasteiger partial charge in [0.2, 0.25) is 0 Å². The molecule has 2 rings (SSSR count). The van der Waals surface area contributed by atoms with E-state index in [4.69, 9.17) is 4.74 Å². The first-order valence-electron chi connectivity index (χ1n) is 11.3. The van der Waals surface area contributed by atoms with Gasteiger partial charge in [0.05, 0.1) is 0 Å². The van der Waals surface area contributed by atoms with Gasteiger partial charge in [0, 0.05) is 0 Å². The molecule has 0 atom stereocenters. The lowest BCUT2D eigenvalue weighted by atomic mass is 10.2. The van der Waals surface area contributed by atoms with Gasteiger partial charge in [0.15, 0.2) is 0 Å². The maximum Gasteiger partial charge on any atom is 0.142 e. The largest absolute Gasteiger partial charge is 0.457 e. The Bertz CT molecular complexity index is 749. The summed E-state index contributed by atoms with van der Waals surface area (Å²) < 4.78 is 5.69. The number of allylic oxidation sites excluding steroid dienone is 7. The third-order valence-corrected chi connectivity index (χ3v) is 3.25. The number of carbonyl (C=O) groups excluding carboxylic acids is 1. The molecule has 0 bridgehead atoms. The van der Waals surface area contributed by atoms with Crippen LogP contribution < -0.4 is 4.74 Å². The van der Waals surface area contributed by atoms with Crippen molar-refractivity contribution in [2.75, 3.05) is 0 Å². The van der Waals surface area contributed by atoms with E-state index < -0.39 is 0 Å². The first-order chi connectivity index (χ1) is 15.8.